The number of nitrogens with zero attached hydrogens (tertiary/aromatic N) is 3. The molecule has 1 aromatic rings. The molecule has 15 heteroatoms. The Morgan fingerprint density at radius 1 is 1.33 bits per heavy atom. The second-order valence-corrected chi connectivity index (χ2v) is 9.89. The number of halogens is 1. The SMILES string of the molecule is CCC(C)C(C)C(=O)OCOC(=O)C1=CCS[C@@H]2C(NC(=O)/C(=N\OC)c3csc(N)n3)C(=O)N12.Cl. The zero-order chi connectivity index (χ0) is 25.7. The Labute approximate surface area is 222 Å². The van der Waals surface area contributed by atoms with Gasteiger partial charge in [0.1, 0.15) is 29.9 Å². The number of aromatic nitrogens is 1. The minimum absolute atomic E-state index is 0. The Morgan fingerprint density at radius 3 is 2.67 bits per heavy atom. The van der Waals surface area contributed by atoms with Gasteiger partial charge in [0.25, 0.3) is 11.8 Å². The molecule has 1 fully saturated rings. The first-order valence-electron chi connectivity index (χ1n) is 10.8. The zero-order valence-corrected chi connectivity index (χ0v) is 22.5. The molecule has 12 nitrogen and oxygen atoms in total. The molecule has 3 rings (SSSR count). The minimum atomic E-state index is -0.892. The maximum Gasteiger partial charge on any atom is 0.357 e. The maximum absolute atomic E-state index is 12.8. The fraction of sp³-hybridized carbons (Fsp3) is 0.524. The van der Waals surface area contributed by atoms with Crippen molar-refractivity contribution in [2.24, 2.45) is 17.0 Å². The number of nitrogen functional groups attached to an aromatic ring is 1. The molecule has 36 heavy (non-hydrogen) atoms. The van der Waals surface area contributed by atoms with Crippen LogP contribution in [0.1, 0.15) is 32.9 Å². The van der Waals surface area contributed by atoms with Gasteiger partial charge < -0.3 is 25.4 Å². The number of anilines is 1. The second-order valence-electron chi connectivity index (χ2n) is 7.85. The van der Waals surface area contributed by atoms with Crippen LogP contribution >= 0.6 is 35.5 Å². The molecule has 3 unspecified atom stereocenters. The Bertz CT molecular complexity index is 1060. The Hall–Kier alpha value is -2.84. The number of fused-ring (bicyclic) bond motifs is 1. The molecule has 0 aromatic carbocycles. The van der Waals surface area contributed by atoms with E-state index in [4.69, 9.17) is 20.0 Å². The van der Waals surface area contributed by atoms with E-state index in [1.165, 1.54) is 23.8 Å². The van der Waals surface area contributed by atoms with Crippen molar-refractivity contribution in [1.82, 2.24) is 15.2 Å². The predicted molar refractivity (Wildman–Crippen MR) is 136 cm³/mol. The average molecular weight is 562 g/mol. The van der Waals surface area contributed by atoms with Gasteiger partial charge in [-0.3, -0.25) is 19.3 Å². The lowest BCUT2D eigenvalue weighted by Crippen LogP contribution is -2.70. The van der Waals surface area contributed by atoms with Crippen molar-refractivity contribution < 1.29 is 33.5 Å². The number of carbonyl (C=O) groups excluding carboxylic acids is 4. The van der Waals surface area contributed by atoms with Crippen LogP contribution in [0.5, 0.6) is 0 Å². The molecule has 2 aliphatic rings. The van der Waals surface area contributed by atoms with Gasteiger partial charge in [-0.15, -0.1) is 35.5 Å². The highest BCUT2D eigenvalue weighted by atomic mass is 35.5. The van der Waals surface area contributed by atoms with Gasteiger partial charge in [-0.2, -0.15) is 0 Å². The smallest absolute Gasteiger partial charge is 0.357 e. The Balaban J connectivity index is 0.00000456. The highest BCUT2D eigenvalue weighted by Gasteiger charge is 2.53. The highest BCUT2D eigenvalue weighted by Crippen LogP contribution is 2.37. The number of β-lactam (4-membered cyclic amide) rings is 1. The maximum atomic E-state index is 12.8. The van der Waals surface area contributed by atoms with Crippen LogP contribution in [-0.4, -0.2) is 70.4 Å². The van der Waals surface area contributed by atoms with Gasteiger partial charge in [0.2, 0.25) is 6.79 Å². The molecule has 2 amide bonds. The third-order valence-corrected chi connectivity index (χ3v) is 7.62. The first-order chi connectivity index (χ1) is 16.7. The van der Waals surface area contributed by atoms with Gasteiger partial charge in [0, 0.05) is 11.1 Å². The number of ether oxygens (including phenoxy) is 2. The number of nitrogens with one attached hydrogen (secondary N) is 1. The number of rotatable bonds is 10. The summed E-state index contributed by atoms with van der Waals surface area (Å²) in [6.45, 7) is 5.11. The molecule has 3 heterocycles. The number of thiazole rings is 1. The van der Waals surface area contributed by atoms with E-state index in [9.17, 15) is 19.2 Å². The summed E-state index contributed by atoms with van der Waals surface area (Å²) >= 11 is 2.50. The van der Waals surface area contributed by atoms with Crippen LogP contribution in [0.2, 0.25) is 0 Å². The number of amides is 2. The molecule has 0 spiro atoms. The van der Waals surface area contributed by atoms with Crippen molar-refractivity contribution in [2.45, 2.75) is 38.6 Å². The molecule has 0 aliphatic carbocycles. The first-order valence-corrected chi connectivity index (χ1v) is 12.7. The molecule has 0 saturated carbocycles. The molecule has 0 radical (unpaired) electrons. The number of hydrogen-bond donors (Lipinski definition) is 2. The van der Waals surface area contributed by atoms with Gasteiger partial charge in [0.05, 0.1) is 5.92 Å². The lowest BCUT2D eigenvalue weighted by molar-refractivity contribution is -0.171. The van der Waals surface area contributed by atoms with Crippen LogP contribution in [-0.2, 0) is 33.5 Å². The average Bonchev–Trinajstić information content (AvgIpc) is 3.29. The second kappa shape index (κ2) is 12.9. The van der Waals surface area contributed by atoms with E-state index < -0.39 is 42.0 Å². The topological polar surface area (TPSA) is 163 Å². The van der Waals surface area contributed by atoms with E-state index in [1.807, 2.05) is 13.8 Å². The monoisotopic (exact) mass is 561 g/mol. The number of carbonyl (C=O) groups is 4. The number of oxime groups is 1. The zero-order valence-electron chi connectivity index (χ0n) is 20.1. The molecule has 3 N–H and O–H groups in total. The summed E-state index contributed by atoms with van der Waals surface area (Å²) in [5.74, 6) is -2.20. The summed E-state index contributed by atoms with van der Waals surface area (Å²) in [7, 11) is 1.28. The molecule has 198 valence electrons. The summed E-state index contributed by atoms with van der Waals surface area (Å²) in [6.07, 6.45) is 2.37. The summed E-state index contributed by atoms with van der Waals surface area (Å²) in [6, 6.07) is -0.892. The predicted octanol–water partition coefficient (Wildman–Crippen LogP) is 1.51. The number of hydrogen-bond acceptors (Lipinski definition) is 12. The number of thioether (sulfide) groups is 1. The summed E-state index contributed by atoms with van der Waals surface area (Å²) in [5.41, 5.74) is 5.75. The van der Waals surface area contributed by atoms with Crippen LogP contribution < -0.4 is 11.1 Å². The van der Waals surface area contributed by atoms with Crippen LogP contribution in [0.4, 0.5) is 5.13 Å². The van der Waals surface area contributed by atoms with Gasteiger partial charge in [-0.05, 0) is 12.0 Å². The van der Waals surface area contributed by atoms with E-state index in [2.05, 4.69) is 15.5 Å². The Morgan fingerprint density at radius 2 is 2.06 bits per heavy atom. The van der Waals surface area contributed by atoms with Crippen LogP contribution in [0, 0.1) is 11.8 Å². The first kappa shape index (κ1) is 29.4. The summed E-state index contributed by atoms with van der Waals surface area (Å²) in [5, 5.41) is 7.60. The highest BCUT2D eigenvalue weighted by molar-refractivity contribution is 8.00. The molecule has 1 saturated heterocycles. The number of esters is 2. The van der Waals surface area contributed by atoms with Gasteiger partial charge in [0.15, 0.2) is 10.8 Å². The van der Waals surface area contributed by atoms with E-state index in [0.717, 1.165) is 17.8 Å². The fourth-order valence-electron chi connectivity index (χ4n) is 3.36. The quantitative estimate of drug-likeness (QED) is 0.141. The third-order valence-electron chi connectivity index (χ3n) is 5.76. The lowest BCUT2D eigenvalue weighted by Gasteiger charge is -2.48. The largest absolute Gasteiger partial charge is 0.428 e. The molecule has 1 aromatic heterocycles. The van der Waals surface area contributed by atoms with Crippen LogP contribution in [0.3, 0.4) is 0 Å². The van der Waals surface area contributed by atoms with Crippen molar-refractivity contribution in [2.75, 3.05) is 25.4 Å². The molecule has 2 aliphatic heterocycles. The summed E-state index contributed by atoms with van der Waals surface area (Å²) < 4.78 is 10.1. The molecule has 0 bridgehead atoms. The van der Waals surface area contributed by atoms with Crippen molar-refractivity contribution in [3.8, 4) is 0 Å². The number of nitrogens with two attached hydrogens (primary N) is 1. The molecular weight excluding hydrogens is 534 g/mol. The van der Waals surface area contributed by atoms with Gasteiger partial charge >= 0.3 is 11.9 Å². The van der Waals surface area contributed by atoms with E-state index in [1.54, 1.807) is 18.4 Å². The van der Waals surface area contributed by atoms with E-state index in [0.29, 0.717) is 5.75 Å². The van der Waals surface area contributed by atoms with Crippen LogP contribution in [0.15, 0.2) is 22.3 Å². The van der Waals surface area contributed by atoms with E-state index >= 15 is 0 Å². The molecular formula is C21H28ClN5O7S2. The Kier molecular flexibility index (Phi) is 10.5. The standard InChI is InChI=1S/C21H27N5O7S2.ClH/c1-5-10(2)11(3)19(29)32-9-33-20(30)13-6-7-34-18-15(17(28)26(13)18)24-16(27)14(25-31-4)12-8-35-21(22)23-12;/h6,8,10-11,15,18H,5,7,9H2,1-4H3,(H2,22,23)(H,24,27);1H/b25-14-;/t10?,11?,15?,18-;/m1./s1. The van der Waals surface area contributed by atoms with Crippen molar-refractivity contribution in [3.05, 3.63) is 22.8 Å². The van der Waals surface area contributed by atoms with E-state index in [-0.39, 0.29) is 46.5 Å². The van der Waals surface area contributed by atoms with Crippen molar-refractivity contribution in [1.29, 1.82) is 0 Å². The van der Waals surface area contributed by atoms with Crippen molar-refractivity contribution in [3.63, 3.8) is 0 Å². The van der Waals surface area contributed by atoms with Gasteiger partial charge in [-0.25, -0.2) is 9.78 Å². The molecule has 4 atom stereocenters. The minimum Gasteiger partial charge on any atom is -0.428 e. The lowest BCUT2D eigenvalue weighted by atomic mass is 9.94. The van der Waals surface area contributed by atoms with Crippen molar-refractivity contribution >= 4 is 70.1 Å². The normalized spacial score (nSPS) is 20.6. The van der Waals surface area contributed by atoms with Crippen LogP contribution in [0.25, 0.3) is 0 Å². The summed E-state index contributed by atoms with van der Waals surface area (Å²) in [4.78, 5) is 60.2. The fourth-order valence-corrected chi connectivity index (χ4v) is 5.11. The third kappa shape index (κ3) is 6.28. The van der Waals surface area contributed by atoms with Gasteiger partial charge in [-0.1, -0.05) is 32.3 Å².